The average molecular weight is 692 g/mol. The smallest absolute Gasteiger partial charge is 0.271 e. The minimum absolute atomic E-state index is 0.258. The molecule has 2 heterocycles. The zero-order chi connectivity index (χ0) is 32.2. The summed E-state index contributed by atoms with van der Waals surface area (Å²) in [6.07, 6.45) is 1.81. The molecule has 1 aliphatic rings. The maximum atomic E-state index is 14.1. The van der Waals surface area contributed by atoms with Crippen molar-refractivity contribution in [3.8, 4) is 17.6 Å². The molecule has 10 heteroatoms. The van der Waals surface area contributed by atoms with E-state index in [0.29, 0.717) is 50.0 Å². The molecule has 0 saturated heterocycles. The molecule has 1 atom stereocenters. The topological polar surface area (TPSA) is 106 Å². The fourth-order valence-corrected chi connectivity index (χ4v) is 6.73. The number of allylic oxidation sites excluding steroid dienone is 1. The number of hydrogen-bond acceptors (Lipinski definition) is 7. The number of carbonyl (C=O) groups excluding carboxylic acids is 1. The number of carbonyl (C=O) groups is 1. The molecule has 6 rings (SSSR count). The molecule has 46 heavy (non-hydrogen) atoms. The second-order valence-electron chi connectivity index (χ2n) is 10.5. The Hall–Kier alpha value is -5.24. The van der Waals surface area contributed by atoms with Gasteiger partial charge in [0.2, 0.25) is 0 Å². The van der Waals surface area contributed by atoms with Crippen molar-refractivity contribution >= 4 is 44.9 Å². The van der Waals surface area contributed by atoms with Gasteiger partial charge in [-0.3, -0.25) is 14.2 Å². The van der Waals surface area contributed by atoms with Crippen molar-refractivity contribution in [3.63, 3.8) is 0 Å². The number of nitrogens with zero attached hydrogens (tertiary/aromatic N) is 3. The second-order valence-corrected chi connectivity index (χ2v) is 12.3. The first-order chi connectivity index (χ1) is 22.3. The third-order valence-electron chi connectivity index (χ3n) is 7.44. The zero-order valence-corrected chi connectivity index (χ0v) is 27.3. The van der Waals surface area contributed by atoms with Gasteiger partial charge in [0.1, 0.15) is 18.1 Å². The van der Waals surface area contributed by atoms with Crippen molar-refractivity contribution in [2.24, 2.45) is 4.99 Å². The maximum Gasteiger partial charge on any atom is 0.271 e. The Labute approximate surface area is 277 Å². The van der Waals surface area contributed by atoms with Crippen molar-refractivity contribution in [1.29, 1.82) is 5.26 Å². The number of thiazole rings is 1. The van der Waals surface area contributed by atoms with Crippen LogP contribution >= 0.6 is 27.3 Å². The minimum atomic E-state index is -0.720. The molecule has 4 aromatic carbocycles. The number of halogens is 1. The zero-order valence-electron chi connectivity index (χ0n) is 24.9. The molecule has 228 valence electrons. The number of benzene rings is 4. The molecule has 0 unspecified atom stereocenters. The Balaban J connectivity index is 1.36. The first kappa shape index (κ1) is 30.8. The van der Waals surface area contributed by atoms with E-state index in [1.165, 1.54) is 11.3 Å². The largest absolute Gasteiger partial charge is 0.497 e. The second kappa shape index (κ2) is 13.4. The van der Waals surface area contributed by atoms with Crippen molar-refractivity contribution in [3.05, 3.63) is 155 Å². The van der Waals surface area contributed by atoms with Crippen molar-refractivity contribution in [1.82, 2.24) is 4.57 Å². The number of anilines is 1. The van der Waals surface area contributed by atoms with Gasteiger partial charge in [0.05, 0.1) is 45.1 Å². The summed E-state index contributed by atoms with van der Waals surface area (Å²) in [5, 5.41) is 12.0. The highest BCUT2D eigenvalue weighted by atomic mass is 79.9. The Morgan fingerprint density at radius 1 is 1.07 bits per heavy atom. The molecule has 1 aromatic heterocycles. The number of ether oxygens (including phenoxy) is 2. The van der Waals surface area contributed by atoms with E-state index in [-0.39, 0.29) is 11.5 Å². The van der Waals surface area contributed by atoms with Crippen LogP contribution in [0.2, 0.25) is 0 Å². The lowest BCUT2D eigenvalue weighted by Gasteiger charge is -2.25. The molecule has 0 spiro atoms. The number of amides is 1. The molecular weight excluding hydrogens is 664 g/mol. The lowest BCUT2D eigenvalue weighted by atomic mass is 9.95. The summed E-state index contributed by atoms with van der Waals surface area (Å²) >= 11 is 4.86. The van der Waals surface area contributed by atoms with Crippen LogP contribution in [0.5, 0.6) is 11.5 Å². The predicted molar refractivity (Wildman–Crippen MR) is 181 cm³/mol. The van der Waals surface area contributed by atoms with Crippen LogP contribution in [0.25, 0.3) is 6.08 Å². The summed E-state index contributed by atoms with van der Waals surface area (Å²) in [6.45, 7) is 2.13. The van der Waals surface area contributed by atoms with Gasteiger partial charge in [-0.1, -0.05) is 59.9 Å². The van der Waals surface area contributed by atoms with E-state index in [4.69, 9.17) is 19.7 Å². The lowest BCUT2D eigenvalue weighted by molar-refractivity contribution is -0.113. The first-order valence-electron chi connectivity index (χ1n) is 14.3. The van der Waals surface area contributed by atoms with E-state index in [0.717, 1.165) is 21.2 Å². The summed E-state index contributed by atoms with van der Waals surface area (Å²) in [5.74, 6) is 0.921. The first-order valence-corrected chi connectivity index (χ1v) is 15.9. The number of nitriles is 1. The van der Waals surface area contributed by atoms with Crippen LogP contribution in [-0.4, -0.2) is 17.6 Å². The monoisotopic (exact) mass is 690 g/mol. The summed E-state index contributed by atoms with van der Waals surface area (Å²) in [4.78, 5) is 33.1. The van der Waals surface area contributed by atoms with E-state index in [9.17, 15) is 9.59 Å². The Bertz CT molecular complexity index is 2200. The summed E-state index contributed by atoms with van der Waals surface area (Å²) in [5.41, 5.74) is 4.34. The van der Waals surface area contributed by atoms with Gasteiger partial charge in [-0.05, 0) is 94.2 Å². The van der Waals surface area contributed by atoms with Gasteiger partial charge in [0.15, 0.2) is 4.80 Å². The normalized spacial score (nSPS) is 14.2. The van der Waals surface area contributed by atoms with E-state index >= 15 is 0 Å². The molecule has 8 nitrogen and oxygen atoms in total. The van der Waals surface area contributed by atoms with E-state index in [1.807, 2.05) is 91.0 Å². The van der Waals surface area contributed by atoms with Crippen LogP contribution in [0.1, 0.15) is 35.2 Å². The van der Waals surface area contributed by atoms with Crippen LogP contribution in [0, 0.1) is 11.3 Å². The Morgan fingerprint density at radius 2 is 1.85 bits per heavy atom. The summed E-state index contributed by atoms with van der Waals surface area (Å²) < 4.78 is 14.3. The summed E-state index contributed by atoms with van der Waals surface area (Å²) in [6, 6.07) is 30.8. The number of aromatic nitrogens is 1. The fraction of sp³-hybridized carbons (Fsp3) is 0.111. The number of para-hydroxylation sites is 1. The Morgan fingerprint density at radius 3 is 2.57 bits per heavy atom. The quantitative estimate of drug-likeness (QED) is 0.212. The molecular formula is C36H27BrN4O4S. The van der Waals surface area contributed by atoms with Crippen molar-refractivity contribution in [2.45, 2.75) is 19.6 Å². The molecule has 0 aliphatic carbocycles. The van der Waals surface area contributed by atoms with E-state index in [2.05, 4.69) is 27.3 Å². The molecule has 1 aliphatic heterocycles. The molecule has 5 aromatic rings. The number of nitrogens with one attached hydrogen (secondary N) is 1. The standard InChI is InChI=1S/C36H27BrN4O4S/c1-22-32(34(42)40-27-8-4-3-5-9-27)33(26-7-6-10-28(19-26)44-2)41-35(43)31(46-36(41)39-22)18-25-15-16-30(29(37)17-25)45-21-24-13-11-23(20-38)12-14-24/h3-19,33H,21H2,1-2H3,(H,40,42)/b31-18-/t33-/m1/s1. The Kier molecular flexibility index (Phi) is 8.97. The number of rotatable bonds is 8. The molecule has 0 bridgehead atoms. The molecule has 1 N–H and O–H groups in total. The SMILES string of the molecule is COc1cccc([C@@H]2C(C(=O)Nc3ccccc3)=C(C)N=c3s/c(=C\c4ccc(OCc5ccc(C#N)cc5)c(Br)c4)c(=O)n32)c1. The van der Waals surface area contributed by atoms with E-state index < -0.39 is 6.04 Å². The van der Waals surface area contributed by atoms with Gasteiger partial charge in [0, 0.05) is 5.69 Å². The highest BCUT2D eigenvalue weighted by Gasteiger charge is 2.32. The van der Waals surface area contributed by atoms with Crippen LogP contribution in [-0.2, 0) is 11.4 Å². The number of methoxy groups -OCH3 is 1. The minimum Gasteiger partial charge on any atom is -0.497 e. The van der Waals surface area contributed by atoms with Gasteiger partial charge < -0.3 is 14.8 Å². The van der Waals surface area contributed by atoms with Gasteiger partial charge in [-0.25, -0.2) is 4.99 Å². The lowest BCUT2D eigenvalue weighted by Crippen LogP contribution is -2.40. The van der Waals surface area contributed by atoms with Gasteiger partial charge >= 0.3 is 0 Å². The van der Waals surface area contributed by atoms with Gasteiger partial charge in [-0.15, -0.1) is 0 Å². The molecule has 0 radical (unpaired) electrons. The highest BCUT2D eigenvalue weighted by Crippen LogP contribution is 2.32. The molecule has 1 amide bonds. The third-order valence-corrected chi connectivity index (χ3v) is 9.04. The molecule has 0 fully saturated rings. The van der Waals surface area contributed by atoms with Crippen molar-refractivity contribution in [2.75, 3.05) is 12.4 Å². The van der Waals surface area contributed by atoms with Crippen LogP contribution in [0.4, 0.5) is 5.69 Å². The maximum absolute atomic E-state index is 14.1. The fourth-order valence-electron chi connectivity index (χ4n) is 5.17. The average Bonchev–Trinajstić information content (AvgIpc) is 3.37. The highest BCUT2D eigenvalue weighted by molar-refractivity contribution is 9.10. The van der Waals surface area contributed by atoms with Gasteiger partial charge in [0.25, 0.3) is 11.5 Å². The van der Waals surface area contributed by atoms with Crippen LogP contribution in [0.3, 0.4) is 0 Å². The number of hydrogen-bond donors (Lipinski definition) is 1. The van der Waals surface area contributed by atoms with Crippen LogP contribution in [0.15, 0.2) is 123 Å². The van der Waals surface area contributed by atoms with Gasteiger partial charge in [-0.2, -0.15) is 5.26 Å². The summed E-state index contributed by atoms with van der Waals surface area (Å²) in [7, 11) is 1.58. The third kappa shape index (κ3) is 6.42. The predicted octanol–water partition coefficient (Wildman–Crippen LogP) is 6.10. The van der Waals surface area contributed by atoms with Crippen LogP contribution < -0.4 is 29.7 Å². The van der Waals surface area contributed by atoms with Crippen molar-refractivity contribution < 1.29 is 14.3 Å². The van der Waals surface area contributed by atoms with E-state index in [1.54, 1.807) is 30.7 Å². The molecule has 0 saturated carbocycles. The number of fused-ring (bicyclic) bond motifs is 1.